The lowest BCUT2D eigenvalue weighted by Crippen LogP contribution is -2.32. The van der Waals surface area contributed by atoms with Gasteiger partial charge in [0.05, 0.1) is 5.92 Å². The third-order valence-electron chi connectivity index (χ3n) is 7.31. The average molecular weight is 389 g/mol. The number of fused-ring (bicyclic) bond motifs is 2. The summed E-state index contributed by atoms with van der Waals surface area (Å²) in [6.45, 7) is 6.47. The van der Waals surface area contributed by atoms with Crippen LogP contribution < -0.4 is 4.74 Å². The fourth-order valence-electron chi connectivity index (χ4n) is 5.10. The van der Waals surface area contributed by atoms with Gasteiger partial charge in [-0.05, 0) is 53.9 Å². The van der Waals surface area contributed by atoms with Gasteiger partial charge < -0.3 is 4.74 Å². The van der Waals surface area contributed by atoms with E-state index in [1.807, 2.05) is 54.6 Å². The fraction of sp³-hybridized carbons (Fsp3) is 0.385. The summed E-state index contributed by atoms with van der Waals surface area (Å²) in [6, 6.07) is 19.0. The van der Waals surface area contributed by atoms with Crippen molar-refractivity contribution in [2.75, 3.05) is 0 Å². The maximum absolute atomic E-state index is 13.3. The number of carbonyl (C=O) groups excluding carboxylic acids is 2. The third-order valence-corrected chi connectivity index (χ3v) is 7.31. The number of allylic oxidation sites excluding steroid dienone is 1. The van der Waals surface area contributed by atoms with Crippen molar-refractivity contribution in [1.82, 2.24) is 0 Å². The van der Waals surface area contributed by atoms with E-state index in [-0.39, 0.29) is 28.5 Å². The molecule has 3 nitrogen and oxygen atoms in total. The van der Waals surface area contributed by atoms with E-state index in [0.29, 0.717) is 12.2 Å². The molecule has 0 amide bonds. The Labute approximate surface area is 172 Å². The van der Waals surface area contributed by atoms with Crippen LogP contribution in [-0.4, -0.2) is 11.8 Å². The molecule has 2 aromatic carbocycles. The first-order valence-corrected chi connectivity index (χ1v) is 10.4. The van der Waals surface area contributed by atoms with E-state index in [2.05, 4.69) is 20.8 Å². The molecule has 0 heterocycles. The van der Waals surface area contributed by atoms with Crippen molar-refractivity contribution in [3.8, 4) is 5.75 Å². The highest BCUT2D eigenvalue weighted by Gasteiger charge is 2.64. The molecule has 0 saturated heterocycles. The van der Waals surface area contributed by atoms with Crippen LogP contribution in [0.15, 0.2) is 72.3 Å². The first kappa shape index (κ1) is 19.6. The second-order valence-corrected chi connectivity index (χ2v) is 9.13. The van der Waals surface area contributed by atoms with E-state index in [4.69, 9.17) is 4.74 Å². The van der Waals surface area contributed by atoms with Gasteiger partial charge >= 0.3 is 5.97 Å². The number of ether oxygens (including phenoxy) is 1. The number of ketones is 1. The summed E-state index contributed by atoms with van der Waals surface area (Å²) in [4.78, 5) is 26.3. The number of hydrogen-bond donors (Lipinski definition) is 0. The van der Waals surface area contributed by atoms with Crippen LogP contribution in [0.4, 0.5) is 0 Å². The highest BCUT2D eigenvalue weighted by Crippen LogP contribution is 2.65. The van der Waals surface area contributed by atoms with Gasteiger partial charge in [-0.15, -0.1) is 0 Å². The minimum atomic E-state index is -0.490. The van der Waals surface area contributed by atoms with Gasteiger partial charge in [-0.3, -0.25) is 9.59 Å². The van der Waals surface area contributed by atoms with Crippen LogP contribution in [-0.2, 0) is 16.0 Å². The summed E-state index contributed by atoms with van der Waals surface area (Å²) in [6.07, 6.45) is 4.37. The number of rotatable bonds is 5. The summed E-state index contributed by atoms with van der Waals surface area (Å²) in [5.74, 6) is 0.147. The van der Waals surface area contributed by atoms with Gasteiger partial charge in [0.15, 0.2) is 5.78 Å². The van der Waals surface area contributed by atoms with Crippen molar-refractivity contribution in [2.45, 2.75) is 40.0 Å². The quantitative estimate of drug-likeness (QED) is 0.391. The summed E-state index contributed by atoms with van der Waals surface area (Å²) in [5, 5.41) is 0. The zero-order chi connectivity index (χ0) is 20.6. The molecule has 0 N–H and O–H groups in total. The van der Waals surface area contributed by atoms with Gasteiger partial charge in [0.2, 0.25) is 0 Å². The number of hydrogen-bond acceptors (Lipinski definition) is 3. The van der Waals surface area contributed by atoms with Crippen molar-refractivity contribution in [3.63, 3.8) is 0 Å². The zero-order valence-corrected chi connectivity index (χ0v) is 17.4. The summed E-state index contributed by atoms with van der Waals surface area (Å²) >= 11 is 0. The fourth-order valence-corrected chi connectivity index (χ4v) is 5.10. The molecule has 2 saturated carbocycles. The number of benzene rings is 2. The summed E-state index contributed by atoms with van der Waals surface area (Å²) < 4.78 is 5.66. The molecule has 0 spiro atoms. The van der Waals surface area contributed by atoms with Crippen LogP contribution >= 0.6 is 0 Å². The van der Waals surface area contributed by atoms with Crippen LogP contribution in [0, 0.1) is 22.7 Å². The second-order valence-electron chi connectivity index (χ2n) is 9.13. The number of para-hydroxylation sites is 1. The van der Waals surface area contributed by atoms with Crippen molar-refractivity contribution < 1.29 is 14.3 Å². The monoisotopic (exact) mass is 388 g/mol. The number of carbonyl (C=O) groups is 2. The molecular formula is C26H28O3. The van der Waals surface area contributed by atoms with E-state index in [1.54, 1.807) is 12.1 Å². The van der Waals surface area contributed by atoms with Gasteiger partial charge in [-0.25, -0.2) is 0 Å². The molecular weight excluding hydrogens is 360 g/mol. The molecule has 4 rings (SSSR count). The zero-order valence-electron chi connectivity index (χ0n) is 17.4. The predicted octanol–water partition coefficient (Wildman–Crippen LogP) is 5.40. The largest absolute Gasteiger partial charge is 0.426 e. The Balaban J connectivity index is 1.66. The summed E-state index contributed by atoms with van der Waals surface area (Å²) in [5.41, 5.74) is 1.48. The molecule has 0 radical (unpaired) electrons. The second kappa shape index (κ2) is 7.29. The Bertz CT molecular complexity index is 942. The van der Waals surface area contributed by atoms with Gasteiger partial charge in [-0.2, -0.15) is 0 Å². The van der Waals surface area contributed by atoms with Crippen LogP contribution in [0.25, 0.3) is 0 Å². The molecule has 2 aliphatic carbocycles. The van der Waals surface area contributed by atoms with E-state index < -0.39 is 5.92 Å². The first-order chi connectivity index (χ1) is 13.8. The Morgan fingerprint density at radius 1 is 1.07 bits per heavy atom. The summed E-state index contributed by atoms with van der Waals surface area (Å²) in [7, 11) is 0. The predicted molar refractivity (Wildman–Crippen MR) is 113 cm³/mol. The molecule has 2 bridgehead atoms. The van der Waals surface area contributed by atoms with E-state index in [0.717, 1.165) is 24.0 Å². The third kappa shape index (κ3) is 3.33. The lowest BCUT2D eigenvalue weighted by Gasteiger charge is -2.31. The topological polar surface area (TPSA) is 43.4 Å². The molecule has 2 aromatic rings. The standard InChI is InChI=1S/C26H28O3/c1-25(2)22-14-15-26(25,3)23(27)21(22)17-19(16-18-10-6-4-7-11-18)24(28)29-20-12-8-5-9-13-20/h4-13,17,19,22H,14-16H2,1-3H3/b21-17-/t19-,22-,26+/m1/s1. The van der Waals surface area contributed by atoms with E-state index in [9.17, 15) is 9.59 Å². The van der Waals surface area contributed by atoms with Gasteiger partial charge in [-0.1, -0.05) is 75.4 Å². The Kier molecular flexibility index (Phi) is 4.94. The Hall–Kier alpha value is -2.68. The lowest BCUT2D eigenvalue weighted by molar-refractivity contribution is -0.137. The van der Waals surface area contributed by atoms with Crippen molar-refractivity contribution in [2.24, 2.45) is 22.7 Å². The van der Waals surface area contributed by atoms with Gasteiger partial charge in [0.25, 0.3) is 0 Å². The minimum absolute atomic E-state index is 0.0729. The van der Waals surface area contributed by atoms with Crippen LogP contribution in [0.3, 0.4) is 0 Å². The van der Waals surface area contributed by atoms with Crippen LogP contribution in [0.5, 0.6) is 5.75 Å². The molecule has 150 valence electrons. The first-order valence-electron chi connectivity index (χ1n) is 10.4. The lowest BCUT2D eigenvalue weighted by atomic mass is 9.70. The van der Waals surface area contributed by atoms with E-state index in [1.165, 1.54) is 0 Å². The molecule has 29 heavy (non-hydrogen) atoms. The highest BCUT2D eigenvalue weighted by molar-refractivity contribution is 6.05. The normalized spacial score (nSPS) is 27.2. The molecule has 3 heteroatoms. The maximum Gasteiger partial charge on any atom is 0.318 e. The molecule has 2 fully saturated rings. The average Bonchev–Trinajstić information content (AvgIpc) is 3.02. The van der Waals surface area contributed by atoms with Gasteiger partial charge in [0, 0.05) is 5.41 Å². The van der Waals surface area contributed by atoms with Crippen molar-refractivity contribution in [3.05, 3.63) is 77.9 Å². The minimum Gasteiger partial charge on any atom is -0.426 e. The molecule has 3 atom stereocenters. The number of Topliss-reactive ketones (excluding diaryl/α,β-unsaturated/α-hetero) is 1. The van der Waals surface area contributed by atoms with Crippen LogP contribution in [0.1, 0.15) is 39.2 Å². The molecule has 0 unspecified atom stereocenters. The van der Waals surface area contributed by atoms with Crippen LogP contribution in [0.2, 0.25) is 0 Å². The molecule has 0 aromatic heterocycles. The highest BCUT2D eigenvalue weighted by atomic mass is 16.5. The maximum atomic E-state index is 13.3. The van der Waals surface area contributed by atoms with E-state index >= 15 is 0 Å². The Morgan fingerprint density at radius 2 is 1.69 bits per heavy atom. The SMILES string of the molecule is CC1(C)[C@@H]2CC[C@@]1(C)C(=O)/C2=C\[C@@H](Cc1ccccc1)C(=O)Oc1ccccc1. The van der Waals surface area contributed by atoms with Crippen molar-refractivity contribution >= 4 is 11.8 Å². The molecule has 0 aliphatic heterocycles. The smallest absolute Gasteiger partial charge is 0.318 e. The number of esters is 1. The van der Waals surface area contributed by atoms with Gasteiger partial charge in [0.1, 0.15) is 5.75 Å². The molecule has 2 aliphatic rings. The van der Waals surface area contributed by atoms with Crippen molar-refractivity contribution in [1.29, 1.82) is 0 Å². The Morgan fingerprint density at radius 3 is 2.28 bits per heavy atom.